The molecular formula is C19H35N. The van der Waals surface area contributed by atoms with Crippen LogP contribution >= 0.6 is 0 Å². The van der Waals surface area contributed by atoms with E-state index in [1.165, 1.54) is 0 Å². The van der Waals surface area contributed by atoms with E-state index in [0.717, 1.165) is 45.1 Å². The van der Waals surface area contributed by atoms with Crippen LogP contribution in [0.1, 0.15) is 105 Å². The van der Waals surface area contributed by atoms with Gasteiger partial charge in [-0.05, 0) is 43.5 Å². The molecule has 1 heteroatoms. The lowest BCUT2D eigenvalue weighted by atomic mass is 9.67. The molecular weight excluding hydrogens is 242 g/mol. The zero-order chi connectivity index (χ0) is 23.5. The smallest absolute Gasteiger partial charge is 0.0306 e. The zero-order valence-corrected chi connectivity index (χ0v) is 12.3. The lowest BCUT2D eigenvalue weighted by Crippen LogP contribution is -2.39. The quantitative estimate of drug-likeness (QED) is 0.740. The molecule has 0 spiro atoms. The summed E-state index contributed by atoms with van der Waals surface area (Å²) in [4.78, 5) is 0. The van der Waals surface area contributed by atoms with Crippen molar-refractivity contribution in [2.75, 3.05) is 6.54 Å². The summed E-state index contributed by atoms with van der Waals surface area (Å²) >= 11 is 0. The van der Waals surface area contributed by atoms with Crippen LogP contribution in [0, 0.1) is 17.7 Å². The second-order valence-corrected chi connectivity index (χ2v) is 6.43. The average molecular weight is 289 g/mol. The second kappa shape index (κ2) is 7.82. The molecule has 116 valence electrons. The summed E-state index contributed by atoms with van der Waals surface area (Å²) in [5.41, 5.74) is 0. The van der Waals surface area contributed by atoms with E-state index in [0.29, 0.717) is 12.8 Å². The predicted octanol–water partition coefficient (Wildman–Crippen LogP) is 5.30. The van der Waals surface area contributed by atoms with Gasteiger partial charge in [0.15, 0.2) is 0 Å². The Labute approximate surface area is 141 Å². The Kier molecular flexibility index (Phi) is 2.58. The maximum Gasteiger partial charge on any atom is 0.0306 e. The Bertz CT molecular complexity index is 621. The van der Waals surface area contributed by atoms with E-state index >= 15 is 0 Å². The first-order valence-electron chi connectivity index (χ1n) is 13.8. The van der Waals surface area contributed by atoms with Gasteiger partial charge in [-0.25, -0.2) is 0 Å². The molecule has 2 aliphatic carbocycles. The van der Waals surface area contributed by atoms with Crippen LogP contribution in [0.2, 0.25) is 0 Å². The van der Waals surface area contributed by atoms with Crippen LogP contribution in [0.3, 0.4) is 0 Å². The molecule has 1 heterocycles. The van der Waals surface area contributed by atoms with E-state index in [2.05, 4.69) is 5.32 Å². The minimum Gasteiger partial charge on any atom is -0.314 e. The summed E-state index contributed by atoms with van der Waals surface area (Å²) in [6.07, 6.45) is -9.60. The third-order valence-corrected chi connectivity index (χ3v) is 5.06. The summed E-state index contributed by atoms with van der Waals surface area (Å²) in [5.74, 6) is -3.95. The number of rotatable bonds is 4. The molecule has 20 heavy (non-hydrogen) atoms. The van der Waals surface area contributed by atoms with Crippen molar-refractivity contribution in [1.29, 1.82) is 0 Å². The van der Waals surface area contributed by atoms with Crippen molar-refractivity contribution < 1.29 is 15.1 Å². The van der Waals surface area contributed by atoms with Crippen LogP contribution in [-0.4, -0.2) is 12.6 Å². The highest BCUT2D eigenvalue weighted by Gasteiger charge is 2.33. The van der Waals surface area contributed by atoms with E-state index in [-0.39, 0.29) is 18.4 Å². The summed E-state index contributed by atoms with van der Waals surface area (Å²) in [6, 6.07) is -0.0649. The number of hydrogen-bond acceptors (Lipinski definition) is 1. The predicted molar refractivity (Wildman–Crippen MR) is 86.9 cm³/mol. The minimum absolute atomic E-state index is 0.0649. The maximum atomic E-state index is 9.30. The van der Waals surface area contributed by atoms with Crippen molar-refractivity contribution in [3.8, 4) is 0 Å². The van der Waals surface area contributed by atoms with Crippen molar-refractivity contribution in [3.05, 3.63) is 0 Å². The van der Waals surface area contributed by atoms with Crippen molar-refractivity contribution in [2.45, 2.75) is 95.7 Å². The fourth-order valence-electron chi connectivity index (χ4n) is 3.96. The summed E-state index contributed by atoms with van der Waals surface area (Å²) < 4.78 is 93.5. The van der Waals surface area contributed by atoms with E-state index in [4.69, 9.17) is 13.7 Å². The van der Waals surface area contributed by atoms with Crippen molar-refractivity contribution in [2.24, 2.45) is 17.7 Å². The van der Waals surface area contributed by atoms with Gasteiger partial charge >= 0.3 is 0 Å². The second-order valence-electron chi connectivity index (χ2n) is 6.43. The van der Waals surface area contributed by atoms with Gasteiger partial charge < -0.3 is 5.32 Å². The van der Waals surface area contributed by atoms with Gasteiger partial charge in [0.1, 0.15) is 0 Å². The third-order valence-electron chi connectivity index (χ3n) is 5.06. The topological polar surface area (TPSA) is 12.0 Å². The molecule has 1 N–H and O–H groups in total. The zero-order valence-electron chi connectivity index (χ0n) is 23.3. The molecule has 3 fully saturated rings. The van der Waals surface area contributed by atoms with Gasteiger partial charge in [0.05, 0.1) is 0 Å². The molecule has 3 rings (SSSR count). The van der Waals surface area contributed by atoms with Gasteiger partial charge in [-0.3, -0.25) is 0 Å². The molecule has 2 saturated carbocycles. The monoisotopic (exact) mass is 288 g/mol. The number of nitrogens with one attached hydrogen (secondary N) is 1. The first-order chi connectivity index (χ1) is 14.1. The van der Waals surface area contributed by atoms with Gasteiger partial charge in [-0.15, -0.1) is 0 Å². The molecule has 1 saturated heterocycles. The first-order valence-corrected chi connectivity index (χ1v) is 8.31. The summed E-state index contributed by atoms with van der Waals surface area (Å²) in [7, 11) is 0. The van der Waals surface area contributed by atoms with Crippen molar-refractivity contribution in [1.82, 2.24) is 5.32 Å². The number of piperidine rings is 1. The fraction of sp³-hybridized carbons (Fsp3) is 1.00. The lowest BCUT2D eigenvalue weighted by Gasteiger charge is -2.40. The fourth-order valence-corrected chi connectivity index (χ4v) is 3.96. The first kappa shape index (κ1) is 6.60. The minimum atomic E-state index is -3.45. The van der Waals surface area contributed by atoms with Crippen LogP contribution < -0.4 is 5.32 Å². The van der Waals surface area contributed by atoms with Crippen LogP contribution in [0.4, 0.5) is 0 Å². The highest BCUT2D eigenvalue weighted by molar-refractivity contribution is 4.86. The Morgan fingerprint density at radius 3 is 2.40 bits per heavy atom. The van der Waals surface area contributed by atoms with Crippen molar-refractivity contribution in [3.63, 3.8) is 0 Å². The van der Waals surface area contributed by atoms with E-state index in [1.807, 2.05) is 0 Å². The van der Waals surface area contributed by atoms with Crippen molar-refractivity contribution >= 4 is 0 Å². The molecule has 1 nitrogen and oxygen atoms in total. The highest BCUT2D eigenvalue weighted by Crippen LogP contribution is 2.42. The molecule has 2 atom stereocenters. The Morgan fingerprint density at radius 2 is 1.70 bits per heavy atom. The molecule has 0 bridgehead atoms. The third kappa shape index (κ3) is 4.00. The Morgan fingerprint density at radius 1 is 0.950 bits per heavy atom. The van der Waals surface area contributed by atoms with Gasteiger partial charge in [0.25, 0.3) is 0 Å². The van der Waals surface area contributed by atoms with Gasteiger partial charge in [0, 0.05) is 21.1 Å². The number of hydrogen-bond donors (Lipinski definition) is 1. The largest absolute Gasteiger partial charge is 0.314 e. The normalized spacial score (nSPS) is 54.4. The summed E-state index contributed by atoms with van der Waals surface area (Å²) in [5, 5.41) is 3.37. The van der Waals surface area contributed by atoms with Gasteiger partial charge in [-0.2, -0.15) is 0 Å². The van der Waals surface area contributed by atoms with E-state index in [1.54, 1.807) is 0 Å². The van der Waals surface area contributed by atoms with Crippen LogP contribution in [-0.2, 0) is 0 Å². The van der Waals surface area contributed by atoms with Crippen LogP contribution in [0.15, 0.2) is 0 Å². The maximum absolute atomic E-state index is 9.30. The Hall–Kier alpha value is -0.0400. The highest BCUT2D eigenvalue weighted by atomic mass is 14.9. The molecule has 0 aromatic carbocycles. The molecule has 1 aliphatic heterocycles. The molecule has 2 unspecified atom stereocenters. The molecule has 3 aliphatic rings. The van der Waals surface area contributed by atoms with Gasteiger partial charge in [0.2, 0.25) is 0 Å². The molecule has 0 radical (unpaired) electrons. The molecule has 0 aromatic heterocycles. The average Bonchev–Trinajstić information content (AvgIpc) is 2.71. The SMILES string of the molecule is [2H]C1([2H])C([2H])([2H])C([2H])([2H])C([2H])(C(CC2CCCCN2)C2CCCCC2)C([2H])([2H])C1([2H])[2H]. The van der Waals surface area contributed by atoms with Crippen LogP contribution in [0.5, 0.6) is 0 Å². The molecule has 0 amide bonds. The summed E-state index contributed by atoms with van der Waals surface area (Å²) in [6.45, 7) is 0.775. The molecule has 0 aromatic rings. The lowest BCUT2D eigenvalue weighted by molar-refractivity contribution is 0.118. The standard InChI is InChI=1S/C19H35N/c1-3-9-16(10-4-1)19(17-11-5-2-6-12-17)15-18-13-7-8-14-20-18/h16-20H,1-15H2/i1D2,3D2,4D2,9D2,10D2,16D. The van der Waals surface area contributed by atoms with Gasteiger partial charge in [-0.1, -0.05) is 70.4 Å². The Balaban J connectivity index is 2.17. The van der Waals surface area contributed by atoms with Crippen LogP contribution in [0.25, 0.3) is 0 Å². The van der Waals surface area contributed by atoms with E-state index < -0.39 is 43.7 Å². The van der Waals surface area contributed by atoms with E-state index in [9.17, 15) is 1.37 Å².